The lowest BCUT2D eigenvalue weighted by Gasteiger charge is -2.00. The molecule has 0 aliphatic heterocycles. The van der Waals surface area contributed by atoms with Crippen molar-refractivity contribution >= 4 is 6.08 Å². The van der Waals surface area contributed by atoms with E-state index in [1.165, 1.54) is 5.56 Å². The van der Waals surface area contributed by atoms with E-state index in [-0.39, 0.29) is 12.4 Å². The molecule has 16 heavy (non-hydrogen) atoms. The summed E-state index contributed by atoms with van der Waals surface area (Å²) in [6.07, 6.45) is 3.95. The van der Waals surface area contributed by atoms with Gasteiger partial charge in [0.05, 0.1) is 0 Å². The first-order chi connectivity index (χ1) is 7.40. The van der Waals surface area contributed by atoms with E-state index in [0.29, 0.717) is 0 Å². The Labute approximate surface area is 102 Å². The lowest BCUT2D eigenvalue weighted by Crippen LogP contribution is -3.00. The number of rotatable bonds is 3. The van der Waals surface area contributed by atoms with Gasteiger partial charge in [-0.05, 0) is 6.07 Å². The number of halogens is 1. The molecule has 0 spiro atoms. The van der Waals surface area contributed by atoms with E-state index in [1.807, 2.05) is 24.3 Å². The van der Waals surface area contributed by atoms with Crippen LogP contribution in [-0.2, 0) is 6.54 Å². The molecule has 1 heterocycles. The van der Waals surface area contributed by atoms with Gasteiger partial charge >= 0.3 is 0 Å². The van der Waals surface area contributed by atoms with Gasteiger partial charge in [0.25, 0.3) is 0 Å². The van der Waals surface area contributed by atoms with Crippen molar-refractivity contribution in [3.8, 4) is 0 Å². The molecule has 0 fully saturated rings. The van der Waals surface area contributed by atoms with Crippen LogP contribution in [0.3, 0.4) is 0 Å². The molecule has 0 atom stereocenters. The fourth-order valence-electron chi connectivity index (χ4n) is 1.60. The van der Waals surface area contributed by atoms with Gasteiger partial charge in [0, 0.05) is 23.8 Å². The third-order valence-electron chi connectivity index (χ3n) is 2.38. The summed E-state index contributed by atoms with van der Waals surface area (Å²) in [6, 6.07) is 16.6. The number of hydrogen-bond acceptors (Lipinski definition) is 0. The SMILES string of the molecule is C=Cc1cccc[n+]1Cc1ccccc1.[Cl-]. The Morgan fingerprint density at radius 1 is 1.00 bits per heavy atom. The molecule has 0 N–H and O–H groups in total. The molecule has 82 valence electrons. The van der Waals surface area contributed by atoms with Crippen LogP contribution < -0.4 is 17.0 Å². The first-order valence-corrected chi connectivity index (χ1v) is 5.05. The van der Waals surface area contributed by atoms with Crippen LogP contribution in [0.1, 0.15) is 11.3 Å². The predicted molar refractivity (Wildman–Crippen MR) is 62.3 cm³/mol. The van der Waals surface area contributed by atoms with Gasteiger partial charge in [-0.25, -0.2) is 0 Å². The van der Waals surface area contributed by atoms with Crippen molar-refractivity contribution in [3.63, 3.8) is 0 Å². The summed E-state index contributed by atoms with van der Waals surface area (Å²) in [4.78, 5) is 0. The van der Waals surface area contributed by atoms with Gasteiger partial charge in [-0.1, -0.05) is 36.9 Å². The van der Waals surface area contributed by atoms with Crippen molar-refractivity contribution in [3.05, 3.63) is 72.6 Å². The first-order valence-electron chi connectivity index (χ1n) is 5.05. The highest BCUT2D eigenvalue weighted by molar-refractivity contribution is 5.37. The topological polar surface area (TPSA) is 3.88 Å². The van der Waals surface area contributed by atoms with Gasteiger partial charge in [0.1, 0.15) is 0 Å². The highest BCUT2D eigenvalue weighted by Gasteiger charge is 2.05. The zero-order valence-corrected chi connectivity index (χ0v) is 9.77. The fraction of sp³-hybridized carbons (Fsp3) is 0.0714. The first kappa shape index (κ1) is 12.5. The maximum absolute atomic E-state index is 3.81. The van der Waals surface area contributed by atoms with E-state index in [1.54, 1.807) is 0 Å². The third-order valence-corrected chi connectivity index (χ3v) is 2.38. The predicted octanol–water partition coefficient (Wildman–Crippen LogP) is -0.331. The quantitative estimate of drug-likeness (QED) is 0.637. The Morgan fingerprint density at radius 3 is 2.38 bits per heavy atom. The fourth-order valence-corrected chi connectivity index (χ4v) is 1.60. The van der Waals surface area contributed by atoms with Crippen LogP contribution >= 0.6 is 0 Å². The van der Waals surface area contributed by atoms with Gasteiger partial charge in [-0.3, -0.25) is 0 Å². The van der Waals surface area contributed by atoms with E-state index in [4.69, 9.17) is 0 Å². The molecule has 0 unspecified atom stereocenters. The van der Waals surface area contributed by atoms with Crippen molar-refractivity contribution in [2.24, 2.45) is 0 Å². The second-order valence-electron chi connectivity index (χ2n) is 3.44. The summed E-state index contributed by atoms with van der Waals surface area (Å²) in [7, 11) is 0. The van der Waals surface area contributed by atoms with Gasteiger partial charge in [0.15, 0.2) is 12.7 Å². The largest absolute Gasteiger partial charge is 1.00 e. The van der Waals surface area contributed by atoms with E-state index in [2.05, 4.69) is 47.7 Å². The van der Waals surface area contributed by atoms with Crippen LogP contribution in [-0.4, -0.2) is 0 Å². The van der Waals surface area contributed by atoms with E-state index in [0.717, 1.165) is 12.2 Å². The molecule has 2 heteroatoms. The van der Waals surface area contributed by atoms with Crippen molar-refractivity contribution < 1.29 is 17.0 Å². The Morgan fingerprint density at radius 2 is 1.69 bits per heavy atom. The summed E-state index contributed by atoms with van der Waals surface area (Å²) in [5, 5.41) is 0. The number of nitrogens with zero attached hydrogens (tertiary/aromatic N) is 1. The molecule has 0 radical (unpaired) electrons. The van der Waals surface area contributed by atoms with Crippen LogP contribution in [0.4, 0.5) is 0 Å². The van der Waals surface area contributed by atoms with E-state index < -0.39 is 0 Å². The second kappa shape index (κ2) is 6.09. The molecule has 1 aromatic heterocycles. The van der Waals surface area contributed by atoms with Gasteiger partial charge in [-0.15, -0.1) is 0 Å². The summed E-state index contributed by atoms with van der Waals surface area (Å²) < 4.78 is 2.18. The molecule has 0 amide bonds. The van der Waals surface area contributed by atoms with Crippen molar-refractivity contribution in [2.45, 2.75) is 6.54 Å². The van der Waals surface area contributed by atoms with Crippen molar-refractivity contribution in [1.29, 1.82) is 0 Å². The summed E-state index contributed by atoms with van der Waals surface area (Å²) >= 11 is 0. The maximum Gasteiger partial charge on any atom is 0.204 e. The summed E-state index contributed by atoms with van der Waals surface area (Å²) in [5.41, 5.74) is 2.44. The minimum atomic E-state index is 0. The Hall–Kier alpha value is -1.60. The maximum atomic E-state index is 3.81. The zero-order chi connectivity index (χ0) is 10.5. The molecule has 0 bridgehead atoms. The minimum absolute atomic E-state index is 0. The summed E-state index contributed by atoms with van der Waals surface area (Å²) in [6.45, 7) is 4.70. The molecular weight excluding hydrogens is 218 g/mol. The smallest absolute Gasteiger partial charge is 0.204 e. The molecule has 2 aromatic rings. The lowest BCUT2D eigenvalue weighted by molar-refractivity contribution is -0.690. The third kappa shape index (κ3) is 2.94. The lowest BCUT2D eigenvalue weighted by atomic mass is 10.2. The Bertz CT molecular complexity index is 451. The van der Waals surface area contributed by atoms with Crippen LogP contribution in [0.2, 0.25) is 0 Å². The van der Waals surface area contributed by atoms with Crippen molar-refractivity contribution in [2.75, 3.05) is 0 Å². The van der Waals surface area contributed by atoms with Crippen molar-refractivity contribution in [1.82, 2.24) is 0 Å². The molecule has 0 saturated carbocycles. The molecular formula is C14H14ClN. The monoisotopic (exact) mass is 231 g/mol. The van der Waals surface area contributed by atoms with Crippen LogP contribution in [0.25, 0.3) is 6.08 Å². The van der Waals surface area contributed by atoms with Crippen LogP contribution in [0.15, 0.2) is 61.3 Å². The van der Waals surface area contributed by atoms with Gasteiger partial charge in [-0.2, -0.15) is 4.57 Å². The molecule has 0 aliphatic carbocycles. The molecule has 0 aliphatic rings. The average molecular weight is 232 g/mol. The molecule has 0 saturated heterocycles. The number of benzene rings is 1. The second-order valence-corrected chi connectivity index (χ2v) is 3.44. The number of aromatic nitrogens is 1. The van der Waals surface area contributed by atoms with Gasteiger partial charge < -0.3 is 12.4 Å². The van der Waals surface area contributed by atoms with E-state index >= 15 is 0 Å². The molecule has 1 nitrogen and oxygen atoms in total. The Kier molecular flexibility index (Phi) is 4.74. The Balaban J connectivity index is 0.00000128. The minimum Gasteiger partial charge on any atom is -1.00 e. The highest BCUT2D eigenvalue weighted by Crippen LogP contribution is 1.99. The normalized spacial score (nSPS) is 9.25. The highest BCUT2D eigenvalue weighted by atomic mass is 35.5. The van der Waals surface area contributed by atoms with Crippen LogP contribution in [0.5, 0.6) is 0 Å². The van der Waals surface area contributed by atoms with Gasteiger partial charge in [0.2, 0.25) is 5.69 Å². The molecule has 2 rings (SSSR count). The van der Waals surface area contributed by atoms with Crippen LogP contribution in [0, 0.1) is 0 Å². The van der Waals surface area contributed by atoms with E-state index in [9.17, 15) is 0 Å². The average Bonchev–Trinajstić information content (AvgIpc) is 2.31. The number of pyridine rings is 1. The zero-order valence-electron chi connectivity index (χ0n) is 9.01. The number of hydrogen-bond donors (Lipinski definition) is 0. The summed E-state index contributed by atoms with van der Waals surface area (Å²) in [5.74, 6) is 0. The molecule has 1 aromatic carbocycles. The standard InChI is InChI=1S/C14H14N.ClH/c1-2-14-10-6-7-11-15(14)12-13-8-4-3-5-9-13;/h2-11H,1,12H2;1H/q+1;/p-1.